The summed E-state index contributed by atoms with van der Waals surface area (Å²) in [7, 11) is 2.18. The number of hydrogen-bond acceptors (Lipinski definition) is 7. The number of nitrogens with zero attached hydrogens (tertiary/aromatic N) is 4. The molecule has 0 atom stereocenters. The summed E-state index contributed by atoms with van der Waals surface area (Å²) in [6.07, 6.45) is 0. The van der Waals surface area contributed by atoms with Gasteiger partial charge >= 0.3 is 0 Å². The molecule has 0 radical (unpaired) electrons. The lowest BCUT2D eigenvalue weighted by molar-refractivity contribution is 0.161. The van der Waals surface area contributed by atoms with Gasteiger partial charge in [0.1, 0.15) is 0 Å². The van der Waals surface area contributed by atoms with Crippen molar-refractivity contribution in [2.75, 3.05) is 51.3 Å². The van der Waals surface area contributed by atoms with Crippen molar-refractivity contribution in [3.05, 3.63) is 0 Å². The van der Waals surface area contributed by atoms with Crippen molar-refractivity contribution in [1.29, 1.82) is 0 Å². The lowest BCUT2D eigenvalue weighted by Crippen LogP contribution is -2.45. The molecule has 1 aliphatic rings. The molecule has 1 aliphatic heterocycles. The summed E-state index contributed by atoms with van der Waals surface area (Å²) >= 11 is 3.21. The van der Waals surface area contributed by atoms with Crippen molar-refractivity contribution in [2.24, 2.45) is 0 Å². The van der Waals surface area contributed by atoms with Gasteiger partial charge in [0, 0.05) is 38.5 Å². The maximum absolute atomic E-state index is 5.52. The second-order valence-corrected chi connectivity index (χ2v) is 6.25. The molecule has 2 rings (SSSR count). The summed E-state index contributed by atoms with van der Waals surface area (Å²) in [5.74, 6) is 1.07. The topological polar surface area (TPSA) is 58.3 Å². The summed E-state index contributed by atoms with van der Waals surface area (Å²) in [6, 6.07) is 0. The van der Waals surface area contributed by atoms with Gasteiger partial charge in [-0.05, 0) is 7.05 Å². The van der Waals surface area contributed by atoms with E-state index in [4.69, 9.17) is 5.73 Å². The van der Waals surface area contributed by atoms with Gasteiger partial charge in [0.2, 0.25) is 5.13 Å². The minimum absolute atomic E-state index is 0.557. The molecule has 0 spiro atoms. The summed E-state index contributed by atoms with van der Waals surface area (Å²) in [6.45, 7) is 5.83. The van der Waals surface area contributed by atoms with E-state index < -0.39 is 0 Å². The van der Waals surface area contributed by atoms with Gasteiger partial charge in [-0.3, -0.25) is 4.90 Å². The van der Waals surface area contributed by atoms with Crippen molar-refractivity contribution in [3.8, 4) is 0 Å². The summed E-state index contributed by atoms with van der Waals surface area (Å²) in [4.78, 5) is 4.87. The number of anilines is 1. The molecule has 16 heavy (non-hydrogen) atoms. The van der Waals surface area contributed by atoms with E-state index in [0.29, 0.717) is 5.13 Å². The third-order valence-corrected chi connectivity index (χ3v) is 4.52. The van der Waals surface area contributed by atoms with Gasteiger partial charge in [0.25, 0.3) is 0 Å². The fraction of sp³-hybridized carbons (Fsp3) is 0.778. The van der Waals surface area contributed by atoms with Gasteiger partial charge < -0.3 is 10.6 Å². The van der Waals surface area contributed by atoms with Crippen LogP contribution in [0, 0.1) is 0 Å². The van der Waals surface area contributed by atoms with E-state index in [2.05, 4.69) is 27.0 Å². The van der Waals surface area contributed by atoms with Gasteiger partial charge in [-0.1, -0.05) is 23.1 Å². The molecular formula is C9H17N5S2. The highest BCUT2D eigenvalue weighted by molar-refractivity contribution is 8.01. The van der Waals surface area contributed by atoms with Gasteiger partial charge in [-0.15, -0.1) is 10.2 Å². The smallest absolute Gasteiger partial charge is 0.203 e. The molecule has 0 bridgehead atoms. The van der Waals surface area contributed by atoms with E-state index in [0.717, 1.165) is 16.6 Å². The molecule has 0 aliphatic carbocycles. The van der Waals surface area contributed by atoms with Crippen LogP contribution in [0.3, 0.4) is 0 Å². The molecule has 1 saturated heterocycles. The van der Waals surface area contributed by atoms with Crippen LogP contribution in [0.2, 0.25) is 0 Å². The first kappa shape index (κ1) is 12.1. The number of aromatic nitrogens is 2. The largest absolute Gasteiger partial charge is 0.374 e. The lowest BCUT2D eigenvalue weighted by atomic mass is 10.3. The van der Waals surface area contributed by atoms with Crippen molar-refractivity contribution in [3.63, 3.8) is 0 Å². The Hall–Kier alpha value is -0.370. The standard InChI is InChI=1S/C9H17N5S2/c1-13-2-4-14(5-3-13)6-7-15-9-12-11-8(10)16-9/h2-7H2,1H3,(H2,10,11). The maximum atomic E-state index is 5.52. The predicted molar refractivity (Wildman–Crippen MR) is 69.0 cm³/mol. The van der Waals surface area contributed by atoms with Crippen molar-refractivity contribution in [2.45, 2.75) is 4.34 Å². The minimum atomic E-state index is 0.557. The highest BCUT2D eigenvalue weighted by atomic mass is 32.2. The summed E-state index contributed by atoms with van der Waals surface area (Å²) in [5, 5.41) is 8.34. The molecule has 90 valence electrons. The van der Waals surface area contributed by atoms with Crippen LogP contribution in [0.1, 0.15) is 0 Å². The van der Waals surface area contributed by atoms with Crippen molar-refractivity contribution >= 4 is 28.2 Å². The molecule has 0 amide bonds. The Morgan fingerprint density at radius 1 is 1.31 bits per heavy atom. The second-order valence-electron chi connectivity index (χ2n) is 3.90. The number of nitrogen functional groups attached to an aromatic ring is 1. The Morgan fingerprint density at radius 2 is 2.06 bits per heavy atom. The highest BCUT2D eigenvalue weighted by Gasteiger charge is 2.13. The Kier molecular flexibility index (Phi) is 4.39. The van der Waals surface area contributed by atoms with Crippen molar-refractivity contribution < 1.29 is 0 Å². The zero-order valence-electron chi connectivity index (χ0n) is 9.43. The molecule has 1 fully saturated rings. The van der Waals surface area contributed by atoms with E-state index in [1.54, 1.807) is 11.8 Å². The van der Waals surface area contributed by atoms with Crippen LogP contribution in [0.5, 0.6) is 0 Å². The fourth-order valence-electron chi connectivity index (χ4n) is 1.61. The maximum Gasteiger partial charge on any atom is 0.203 e. The van der Waals surface area contributed by atoms with E-state index >= 15 is 0 Å². The first-order valence-electron chi connectivity index (χ1n) is 5.37. The number of piperazine rings is 1. The summed E-state index contributed by atoms with van der Waals surface area (Å²) in [5.41, 5.74) is 5.52. The van der Waals surface area contributed by atoms with Crippen LogP contribution in [-0.2, 0) is 0 Å². The number of rotatable bonds is 4. The Labute approximate surface area is 104 Å². The van der Waals surface area contributed by atoms with Gasteiger partial charge in [0.15, 0.2) is 4.34 Å². The zero-order chi connectivity index (χ0) is 11.4. The molecule has 7 heteroatoms. The molecular weight excluding hydrogens is 242 g/mol. The molecule has 0 unspecified atom stereocenters. The summed E-state index contributed by atoms with van der Waals surface area (Å²) < 4.78 is 0.978. The third kappa shape index (κ3) is 3.58. The first-order chi connectivity index (χ1) is 7.74. The number of likely N-dealkylation sites (N-methyl/N-ethyl adjacent to an activating group) is 1. The highest BCUT2D eigenvalue weighted by Crippen LogP contribution is 2.23. The van der Waals surface area contributed by atoms with Gasteiger partial charge in [-0.25, -0.2) is 0 Å². The normalized spacial score (nSPS) is 19.1. The molecule has 1 aromatic heterocycles. The van der Waals surface area contributed by atoms with Crippen LogP contribution in [0.25, 0.3) is 0 Å². The van der Waals surface area contributed by atoms with E-state index in [9.17, 15) is 0 Å². The van der Waals surface area contributed by atoms with Crippen LogP contribution >= 0.6 is 23.1 Å². The SMILES string of the molecule is CN1CCN(CCSc2nnc(N)s2)CC1. The van der Waals surface area contributed by atoms with Crippen molar-refractivity contribution in [1.82, 2.24) is 20.0 Å². The number of thioether (sulfide) groups is 1. The average molecular weight is 259 g/mol. The Bertz CT molecular complexity index is 321. The van der Waals surface area contributed by atoms with E-state index in [-0.39, 0.29) is 0 Å². The third-order valence-electron chi connectivity index (χ3n) is 2.65. The zero-order valence-corrected chi connectivity index (χ0v) is 11.1. The van der Waals surface area contributed by atoms with Crippen LogP contribution in [-0.4, -0.2) is 65.5 Å². The van der Waals surface area contributed by atoms with Gasteiger partial charge in [-0.2, -0.15) is 0 Å². The van der Waals surface area contributed by atoms with Crippen LogP contribution in [0.4, 0.5) is 5.13 Å². The number of hydrogen-bond donors (Lipinski definition) is 1. The van der Waals surface area contributed by atoms with Crippen LogP contribution < -0.4 is 5.73 Å². The molecule has 1 aromatic rings. The molecule has 2 heterocycles. The average Bonchev–Trinajstić information content (AvgIpc) is 2.67. The van der Waals surface area contributed by atoms with Gasteiger partial charge in [0.05, 0.1) is 0 Å². The molecule has 5 nitrogen and oxygen atoms in total. The Balaban J connectivity index is 1.64. The fourth-order valence-corrected chi connectivity index (χ4v) is 3.32. The van der Waals surface area contributed by atoms with Crippen LogP contribution in [0.15, 0.2) is 4.34 Å². The first-order valence-corrected chi connectivity index (χ1v) is 7.17. The Morgan fingerprint density at radius 3 is 2.69 bits per heavy atom. The quantitative estimate of drug-likeness (QED) is 0.793. The number of nitrogens with two attached hydrogens (primary N) is 1. The predicted octanol–water partition coefficient (Wildman–Crippen LogP) is 0.460. The molecule has 0 saturated carbocycles. The lowest BCUT2D eigenvalue weighted by Gasteiger charge is -2.32. The van der Waals surface area contributed by atoms with E-state index in [1.165, 1.54) is 37.5 Å². The minimum Gasteiger partial charge on any atom is -0.374 e. The second kappa shape index (κ2) is 5.81. The molecule has 0 aromatic carbocycles. The monoisotopic (exact) mass is 259 g/mol. The molecule has 2 N–H and O–H groups in total. The van der Waals surface area contributed by atoms with E-state index in [1.807, 2.05) is 0 Å².